The van der Waals surface area contributed by atoms with Gasteiger partial charge in [-0.25, -0.2) is 0 Å². The van der Waals surface area contributed by atoms with E-state index in [1.165, 1.54) is 161 Å². The number of carbonyl (C=O) groups excluding carboxylic acids is 1. The molecular formula is C49H86O2. The third kappa shape index (κ3) is 12.8. The number of fused-ring (bicyclic) bond motifs is 5. The predicted molar refractivity (Wildman–Crippen MR) is 221 cm³/mol. The molecule has 294 valence electrons. The van der Waals surface area contributed by atoms with Gasteiger partial charge in [-0.1, -0.05) is 162 Å². The highest BCUT2D eigenvalue weighted by Gasteiger charge is 2.59. The SMILES string of the molecule is CCCCCCCCC=CCCCCCCCCCCCC(=O)O[C@H]1CC[C@@]2(C)C(=CC[C@H]3[C@@H]4CC[C@H]([C@H](C)CCCC(C)C)[C@@]4(C)CC[C@@H]32)C1. The van der Waals surface area contributed by atoms with Crippen LogP contribution < -0.4 is 0 Å². The third-order valence-electron chi connectivity index (χ3n) is 15.2. The molecule has 0 saturated heterocycles. The summed E-state index contributed by atoms with van der Waals surface area (Å²) in [5.74, 6) is 5.32. The quantitative estimate of drug-likeness (QED) is 0.0537. The van der Waals surface area contributed by atoms with Crippen LogP contribution in [0.2, 0.25) is 0 Å². The van der Waals surface area contributed by atoms with E-state index in [0.29, 0.717) is 17.3 Å². The van der Waals surface area contributed by atoms with Crippen molar-refractivity contribution in [3.63, 3.8) is 0 Å². The Morgan fingerprint density at radius 3 is 2.02 bits per heavy atom. The molecule has 0 aromatic carbocycles. The van der Waals surface area contributed by atoms with Crippen molar-refractivity contribution >= 4 is 5.97 Å². The van der Waals surface area contributed by atoms with E-state index in [2.05, 4.69) is 59.8 Å². The minimum atomic E-state index is 0.0619. The maximum absolute atomic E-state index is 12.9. The van der Waals surface area contributed by atoms with Crippen LogP contribution >= 0.6 is 0 Å². The van der Waals surface area contributed by atoms with Crippen molar-refractivity contribution in [3.05, 3.63) is 23.8 Å². The lowest BCUT2D eigenvalue weighted by molar-refractivity contribution is -0.151. The summed E-state index contributed by atoms with van der Waals surface area (Å²) in [7, 11) is 0. The molecule has 8 atom stereocenters. The fraction of sp³-hybridized carbons (Fsp3) is 0.898. The van der Waals surface area contributed by atoms with Crippen LogP contribution in [0.25, 0.3) is 0 Å². The molecule has 2 nitrogen and oxygen atoms in total. The van der Waals surface area contributed by atoms with Crippen molar-refractivity contribution in [1.29, 1.82) is 0 Å². The second-order valence-electron chi connectivity index (χ2n) is 19.4. The van der Waals surface area contributed by atoms with Gasteiger partial charge in [-0.3, -0.25) is 4.79 Å². The van der Waals surface area contributed by atoms with E-state index >= 15 is 0 Å². The molecule has 3 fully saturated rings. The number of esters is 1. The zero-order valence-corrected chi connectivity index (χ0v) is 35.1. The number of hydrogen-bond donors (Lipinski definition) is 0. The van der Waals surface area contributed by atoms with E-state index in [4.69, 9.17) is 4.74 Å². The molecule has 0 radical (unpaired) electrons. The minimum Gasteiger partial charge on any atom is -0.462 e. The average Bonchev–Trinajstić information content (AvgIpc) is 3.46. The Balaban J connectivity index is 1.04. The van der Waals surface area contributed by atoms with Crippen molar-refractivity contribution in [3.8, 4) is 0 Å². The van der Waals surface area contributed by atoms with Crippen LogP contribution in [0.15, 0.2) is 23.8 Å². The Morgan fingerprint density at radius 2 is 1.37 bits per heavy atom. The zero-order chi connectivity index (χ0) is 36.5. The number of allylic oxidation sites excluding steroid dienone is 3. The van der Waals surface area contributed by atoms with Crippen molar-refractivity contribution in [2.45, 2.75) is 234 Å². The highest BCUT2D eigenvalue weighted by atomic mass is 16.5. The molecule has 0 aromatic heterocycles. The number of carbonyl (C=O) groups is 1. The van der Waals surface area contributed by atoms with Gasteiger partial charge >= 0.3 is 5.97 Å². The van der Waals surface area contributed by atoms with Crippen LogP contribution in [0.5, 0.6) is 0 Å². The largest absolute Gasteiger partial charge is 0.462 e. The minimum absolute atomic E-state index is 0.0619. The van der Waals surface area contributed by atoms with E-state index in [0.717, 1.165) is 54.8 Å². The molecule has 0 amide bonds. The third-order valence-corrected chi connectivity index (χ3v) is 15.2. The number of rotatable bonds is 25. The van der Waals surface area contributed by atoms with Gasteiger partial charge in [0.05, 0.1) is 0 Å². The van der Waals surface area contributed by atoms with Gasteiger partial charge in [0.1, 0.15) is 6.10 Å². The lowest BCUT2D eigenvalue weighted by atomic mass is 9.47. The summed E-state index contributed by atoms with van der Waals surface area (Å²) in [4.78, 5) is 12.9. The van der Waals surface area contributed by atoms with Crippen LogP contribution in [0.3, 0.4) is 0 Å². The second kappa shape index (κ2) is 22.4. The van der Waals surface area contributed by atoms with E-state index in [-0.39, 0.29) is 12.1 Å². The van der Waals surface area contributed by atoms with Crippen LogP contribution in [0.1, 0.15) is 228 Å². The highest BCUT2D eigenvalue weighted by Crippen LogP contribution is 2.67. The van der Waals surface area contributed by atoms with E-state index in [9.17, 15) is 4.79 Å². The normalized spacial score (nSPS) is 31.0. The highest BCUT2D eigenvalue weighted by molar-refractivity contribution is 5.69. The summed E-state index contributed by atoms with van der Waals surface area (Å²) < 4.78 is 6.15. The Labute approximate surface area is 318 Å². The summed E-state index contributed by atoms with van der Waals surface area (Å²) in [6.07, 6.45) is 45.4. The molecular weight excluding hydrogens is 621 g/mol. The first kappa shape index (κ1) is 42.7. The van der Waals surface area contributed by atoms with Crippen LogP contribution in [-0.2, 0) is 9.53 Å². The molecule has 3 saturated carbocycles. The first-order valence-electron chi connectivity index (χ1n) is 23.2. The van der Waals surface area contributed by atoms with Crippen LogP contribution in [-0.4, -0.2) is 12.1 Å². The first-order chi connectivity index (χ1) is 24.7. The van der Waals surface area contributed by atoms with Crippen LogP contribution in [0.4, 0.5) is 0 Å². The molecule has 4 aliphatic carbocycles. The smallest absolute Gasteiger partial charge is 0.306 e. The van der Waals surface area contributed by atoms with E-state index in [1.807, 2.05) is 0 Å². The predicted octanol–water partition coefficient (Wildman–Crippen LogP) is 15.5. The fourth-order valence-corrected chi connectivity index (χ4v) is 12.0. The maximum atomic E-state index is 12.9. The fourth-order valence-electron chi connectivity index (χ4n) is 12.0. The molecule has 0 bridgehead atoms. The van der Waals surface area contributed by atoms with E-state index < -0.39 is 0 Å². The van der Waals surface area contributed by atoms with Crippen LogP contribution in [0, 0.1) is 46.3 Å². The van der Waals surface area contributed by atoms with Gasteiger partial charge in [0, 0.05) is 12.8 Å². The standard InChI is InChI=1S/C49H86O2/c1-7-8-9-10-11-12-13-14-15-16-17-18-19-20-21-22-23-24-25-29-47(50)51-42-34-36-48(5)41(38-42)30-31-43-45-33-32-44(40(4)28-26-27-39(2)3)49(45,6)37-35-46(43)48/h14-15,30,39-40,42-46H,7-13,16-29,31-38H2,1-6H3/t40-,42+,43+,44-,45+,46+,48+,49-/m1/s1. The molecule has 0 spiro atoms. The lowest BCUT2D eigenvalue weighted by Crippen LogP contribution is -2.51. The molecule has 4 rings (SSSR count). The molecule has 4 aliphatic rings. The zero-order valence-electron chi connectivity index (χ0n) is 35.1. The van der Waals surface area contributed by atoms with Gasteiger partial charge in [-0.05, 0) is 123 Å². The molecule has 0 N–H and O–H groups in total. The van der Waals surface area contributed by atoms with Crippen molar-refractivity contribution in [2.75, 3.05) is 0 Å². The molecule has 0 heterocycles. The summed E-state index contributed by atoms with van der Waals surface area (Å²) in [6.45, 7) is 15.0. The maximum Gasteiger partial charge on any atom is 0.306 e. The summed E-state index contributed by atoms with van der Waals surface area (Å²) >= 11 is 0. The first-order valence-corrected chi connectivity index (χ1v) is 23.2. The average molecular weight is 707 g/mol. The van der Waals surface area contributed by atoms with Gasteiger partial charge in [0.2, 0.25) is 0 Å². The van der Waals surface area contributed by atoms with Crippen molar-refractivity contribution < 1.29 is 9.53 Å². The Kier molecular flexibility index (Phi) is 18.7. The van der Waals surface area contributed by atoms with Crippen molar-refractivity contribution in [1.82, 2.24) is 0 Å². The molecule has 0 aliphatic heterocycles. The topological polar surface area (TPSA) is 26.3 Å². The summed E-state index contributed by atoms with van der Waals surface area (Å²) in [6, 6.07) is 0. The Hall–Kier alpha value is -1.05. The van der Waals surface area contributed by atoms with Gasteiger partial charge in [0.25, 0.3) is 0 Å². The number of unbranched alkanes of at least 4 members (excludes halogenated alkanes) is 15. The van der Waals surface area contributed by atoms with E-state index in [1.54, 1.807) is 5.57 Å². The number of hydrogen-bond acceptors (Lipinski definition) is 2. The van der Waals surface area contributed by atoms with Gasteiger partial charge in [-0.15, -0.1) is 0 Å². The lowest BCUT2D eigenvalue weighted by Gasteiger charge is -2.58. The Morgan fingerprint density at radius 1 is 0.745 bits per heavy atom. The van der Waals surface area contributed by atoms with Crippen molar-refractivity contribution in [2.24, 2.45) is 46.3 Å². The molecule has 0 unspecified atom stereocenters. The molecule has 0 aromatic rings. The second-order valence-corrected chi connectivity index (χ2v) is 19.4. The van der Waals surface area contributed by atoms with Gasteiger partial charge < -0.3 is 4.74 Å². The monoisotopic (exact) mass is 707 g/mol. The Bertz CT molecular complexity index is 1040. The molecule has 51 heavy (non-hydrogen) atoms. The summed E-state index contributed by atoms with van der Waals surface area (Å²) in [5.41, 5.74) is 2.53. The molecule has 2 heteroatoms. The number of ether oxygens (including phenoxy) is 1. The summed E-state index contributed by atoms with van der Waals surface area (Å²) in [5, 5.41) is 0. The van der Waals surface area contributed by atoms with Gasteiger partial charge in [-0.2, -0.15) is 0 Å². The van der Waals surface area contributed by atoms with Gasteiger partial charge in [0.15, 0.2) is 0 Å².